The third-order valence-corrected chi connectivity index (χ3v) is 4.17. The summed E-state index contributed by atoms with van der Waals surface area (Å²) in [5.74, 6) is -1.61. The number of carbonyl (C=O) groups is 1. The van der Waals surface area contributed by atoms with E-state index in [0.717, 1.165) is 12.3 Å². The number of aromatic nitrogens is 5. The van der Waals surface area contributed by atoms with Crippen LogP contribution in [0.4, 0.5) is 8.78 Å². The topological polar surface area (TPSA) is 106 Å². The van der Waals surface area contributed by atoms with E-state index in [9.17, 15) is 18.7 Å². The number of aliphatic hydroxyl groups excluding tert-OH is 1. The van der Waals surface area contributed by atoms with Crippen molar-refractivity contribution in [3.8, 4) is 16.9 Å². The molecule has 3 rings (SSSR count). The molecule has 0 spiro atoms. The average Bonchev–Trinajstić information content (AvgIpc) is 3.17. The minimum atomic E-state index is -0.863. The van der Waals surface area contributed by atoms with E-state index in [1.54, 1.807) is 19.1 Å². The largest absolute Gasteiger partial charge is 0.394 e. The second-order valence-corrected chi connectivity index (χ2v) is 6.91. The smallest absolute Gasteiger partial charge is 0.251 e. The molecule has 0 bridgehead atoms. The Labute approximate surface area is 165 Å². The van der Waals surface area contributed by atoms with Crippen LogP contribution in [0.15, 0.2) is 30.5 Å². The monoisotopic (exact) mass is 402 g/mol. The van der Waals surface area contributed by atoms with Crippen molar-refractivity contribution in [2.75, 3.05) is 6.61 Å². The van der Waals surface area contributed by atoms with Crippen LogP contribution in [0.2, 0.25) is 0 Å². The molecule has 0 fully saturated rings. The zero-order chi connectivity index (χ0) is 21.1. The van der Waals surface area contributed by atoms with Crippen molar-refractivity contribution >= 4 is 5.91 Å². The quantitative estimate of drug-likeness (QED) is 0.655. The second kappa shape index (κ2) is 8.39. The highest BCUT2D eigenvalue weighted by Gasteiger charge is 2.19. The zero-order valence-electron chi connectivity index (χ0n) is 16.1. The van der Waals surface area contributed by atoms with Gasteiger partial charge in [0, 0.05) is 29.2 Å². The predicted octanol–water partition coefficient (Wildman–Crippen LogP) is 2.24. The lowest BCUT2D eigenvalue weighted by atomic mass is 10.0. The van der Waals surface area contributed by atoms with Gasteiger partial charge in [-0.05, 0) is 35.5 Å². The summed E-state index contributed by atoms with van der Waals surface area (Å²) in [4.78, 5) is 16.4. The van der Waals surface area contributed by atoms with E-state index in [1.807, 2.05) is 13.8 Å². The summed E-state index contributed by atoms with van der Waals surface area (Å²) in [5.41, 5.74) is 0.751. The van der Waals surface area contributed by atoms with Gasteiger partial charge in [0.25, 0.3) is 5.91 Å². The van der Waals surface area contributed by atoms with Gasteiger partial charge in [-0.2, -0.15) is 4.68 Å². The van der Waals surface area contributed by atoms with Crippen molar-refractivity contribution in [2.45, 2.75) is 32.7 Å². The summed E-state index contributed by atoms with van der Waals surface area (Å²) in [6.07, 6.45) is 0.898. The first kappa shape index (κ1) is 20.5. The number of hydrogen-bond acceptors (Lipinski definition) is 6. The van der Waals surface area contributed by atoms with Gasteiger partial charge in [-0.25, -0.2) is 8.78 Å². The Bertz CT molecular complexity index is 1040. The Kier molecular flexibility index (Phi) is 5.92. The molecule has 0 aliphatic rings. The number of halogens is 2. The van der Waals surface area contributed by atoms with E-state index < -0.39 is 23.6 Å². The first-order valence-electron chi connectivity index (χ1n) is 8.97. The molecular formula is C19H20F2N6O2. The van der Waals surface area contributed by atoms with E-state index in [2.05, 4.69) is 25.8 Å². The lowest BCUT2D eigenvalue weighted by Crippen LogP contribution is -2.35. The van der Waals surface area contributed by atoms with Gasteiger partial charge in [0.05, 0.1) is 18.5 Å². The molecule has 2 N–H and O–H groups in total. The van der Waals surface area contributed by atoms with Crippen molar-refractivity contribution in [2.24, 2.45) is 0 Å². The zero-order valence-corrected chi connectivity index (χ0v) is 16.1. The number of nitrogens with one attached hydrogen (secondary N) is 1. The van der Waals surface area contributed by atoms with Gasteiger partial charge < -0.3 is 10.4 Å². The molecule has 0 saturated heterocycles. The molecule has 2 heterocycles. The van der Waals surface area contributed by atoms with E-state index in [4.69, 9.17) is 0 Å². The number of hydrogen-bond donors (Lipinski definition) is 2. The van der Waals surface area contributed by atoms with Gasteiger partial charge in [-0.15, -0.1) is 5.10 Å². The van der Waals surface area contributed by atoms with Crippen LogP contribution >= 0.6 is 0 Å². The summed E-state index contributed by atoms with van der Waals surface area (Å²) in [7, 11) is 0. The molecule has 3 aromatic rings. The number of rotatable bonds is 6. The van der Waals surface area contributed by atoms with Crippen molar-refractivity contribution in [3.05, 3.63) is 53.5 Å². The number of pyridine rings is 1. The van der Waals surface area contributed by atoms with Crippen molar-refractivity contribution in [1.29, 1.82) is 0 Å². The maximum absolute atomic E-state index is 14.3. The van der Waals surface area contributed by atoms with Crippen LogP contribution in [-0.2, 0) is 0 Å². The van der Waals surface area contributed by atoms with E-state index in [0.29, 0.717) is 11.5 Å². The Morgan fingerprint density at radius 3 is 2.62 bits per heavy atom. The number of amides is 1. The third kappa shape index (κ3) is 4.43. The highest BCUT2D eigenvalue weighted by Crippen LogP contribution is 2.26. The number of aliphatic hydroxyl groups is 1. The summed E-state index contributed by atoms with van der Waals surface area (Å²) < 4.78 is 29.1. The summed E-state index contributed by atoms with van der Waals surface area (Å²) >= 11 is 0. The molecule has 2 aromatic heterocycles. The Hall–Kier alpha value is -3.27. The Morgan fingerprint density at radius 1 is 1.21 bits per heavy atom. The minimum Gasteiger partial charge on any atom is -0.394 e. The Morgan fingerprint density at radius 2 is 1.97 bits per heavy atom. The van der Waals surface area contributed by atoms with Crippen LogP contribution in [0.25, 0.3) is 16.9 Å². The molecule has 0 saturated carbocycles. The fourth-order valence-corrected chi connectivity index (χ4v) is 2.72. The minimum absolute atomic E-state index is 0.0129. The second-order valence-electron chi connectivity index (χ2n) is 6.91. The normalized spacial score (nSPS) is 12.2. The molecule has 1 aromatic carbocycles. The molecule has 0 aliphatic carbocycles. The molecule has 29 heavy (non-hydrogen) atoms. The average molecular weight is 402 g/mol. The fraction of sp³-hybridized carbons (Fsp3) is 0.316. The first-order valence-corrected chi connectivity index (χ1v) is 8.97. The highest BCUT2D eigenvalue weighted by molar-refractivity contribution is 5.96. The maximum Gasteiger partial charge on any atom is 0.251 e. The van der Waals surface area contributed by atoms with Gasteiger partial charge in [0.15, 0.2) is 11.6 Å². The molecule has 10 heteroatoms. The highest BCUT2D eigenvalue weighted by atomic mass is 19.1. The Balaban J connectivity index is 2.16. The maximum atomic E-state index is 14.3. The van der Waals surface area contributed by atoms with Crippen molar-refractivity contribution < 1.29 is 18.7 Å². The number of nitrogens with zero attached hydrogens (tertiary/aromatic N) is 5. The molecule has 1 unspecified atom stereocenters. The van der Waals surface area contributed by atoms with Crippen molar-refractivity contribution in [3.63, 3.8) is 0 Å². The van der Waals surface area contributed by atoms with Gasteiger partial charge >= 0.3 is 0 Å². The van der Waals surface area contributed by atoms with E-state index in [-0.39, 0.29) is 29.3 Å². The van der Waals surface area contributed by atoms with Crippen LogP contribution in [0, 0.1) is 11.6 Å². The fourth-order valence-electron chi connectivity index (χ4n) is 2.72. The van der Waals surface area contributed by atoms with Crippen LogP contribution in [0.1, 0.15) is 42.9 Å². The molecule has 1 atom stereocenters. The first-order chi connectivity index (χ1) is 13.8. The summed E-state index contributed by atoms with van der Waals surface area (Å²) in [5, 5.41) is 23.5. The van der Waals surface area contributed by atoms with E-state index >= 15 is 0 Å². The SMILES string of the molecule is CC(CO)NC(=O)c1cc(-c2ncc(F)cc2F)cc(-n2nnnc2C(C)C)c1. The number of tetrazole rings is 1. The van der Waals surface area contributed by atoms with Gasteiger partial charge in [0.1, 0.15) is 11.5 Å². The summed E-state index contributed by atoms with van der Waals surface area (Å²) in [6, 6.07) is 4.80. The molecule has 152 valence electrons. The molecule has 0 aliphatic heterocycles. The van der Waals surface area contributed by atoms with Gasteiger partial charge in [0.2, 0.25) is 0 Å². The van der Waals surface area contributed by atoms with Gasteiger partial charge in [-0.3, -0.25) is 9.78 Å². The standard InChI is InChI=1S/C19H20F2N6O2/c1-10(2)18-24-25-26-27(18)15-5-12(17-16(21)7-14(20)8-22-17)4-13(6-15)19(29)23-11(3)9-28/h4-8,10-11,28H,9H2,1-3H3,(H,23,29). The molecule has 8 nitrogen and oxygen atoms in total. The number of benzene rings is 1. The third-order valence-electron chi connectivity index (χ3n) is 4.17. The lowest BCUT2D eigenvalue weighted by molar-refractivity contribution is 0.0922. The van der Waals surface area contributed by atoms with Crippen LogP contribution < -0.4 is 5.32 Å². The van der Waals surface area contributed by atoms with Crippen LogP contribution in [0.5, 0.6) is 0 Å². The van der Waals surface area contributed by atoms with E-state index in [1.165, 1.54) is 10.7 Å². The lowest BCUT2D eigenvalue weighted by Gasteiger charge is -2.14. The summed E-state index contributed by atoms with van der Waals surface area (Å²) in [6.45, 7) is 5.21. The van der Waals surface area contributed by atoms with Gasteiger partial charge in [-0.1, -0.05) is 13.8 Å². The van der Waals surface area contributed by atoms with Crippen molar-refractivity contribution in [1.82, 2.24) is 30.5 Å². The number of carbonyl (C=O) groups excluding carboxylic acids is 1. The van der Waals surface area contributed by atoms with Crippen LogP contribution in [-0.4, -0.2) is 48.9 Å². The molecular weight excluding hydrogens is 382 g/mol. The van der Waals surface area contributed by atoms with Crippen LogP contribution in [0.3, 0.4) is 0 Å². The molecule has 0 radical (unpaired) electrons. The predicted molar refractivity (Wildman–Crippen MR) is 100 cm³/mol. The molecule has 1 amide bonds.